The number of hydrogen-bond donors (Lipinski definition) is 2. The summed E-state index contributed by atoms with van der Waals surface area (Å²) in [5, 5.41) is 12.6. The second kappa shape index (κ2) is 8.27. The molecule has 2 unspecified atom stereocenters. The van der Waals surface area contributed by atoms with Crippen molar-refractivity contribution in [2.24, 2.45) is 23.2 Å². The van der Waals surface area contributed by atoms with Crippen LogP contribution < -0.4 is 5.32 Å². The zero-order valence-electron chi connectivity index (χ0n) is 16.5. The van der Waals surface area contributed by atoms with Crippen LogP contribution in [0.4, 0.5) is 4.79 Å². The molecule has 2 rings (SSSR count). The number of amides is 3. The molecular formula is C19H33N3O4. The van der Waals surface area contributed by atoms with Gasteiger partial charge in [-0.1, -0.05) is 27.7 Å². The van der Waals surface area contributed by atoms with Crippen molar-refractivity contribution in [2.75, 3.05) is 32.7 Å². The van der Waals surface area contributed by atoms with Gasteiger partial charge in [0.05, 0.1) is 11.3 Å². The van der Waals surface area contributed by atoms with Crippen LogP contribution in [0.5, 0.6) is 0 Å². The smallest absolute Gasteiger partial charge is 0.317 e. The number of aliphatic carboxylic acids is 1. The molecule has 2 N–H and O–H groups in total. The number of rotatable bonds is 5. The Morgan fingerprint density at radius 2 is 1.85 bits per heavy atom. The maximum Gasteiger partial charge on any atom is 0.317 e. The van der Waals surface area contributed by atoms with Gasteiger partial charge in [0.15, 0.2) is 0 Å². The lowest BCUT2D eigenvalue weighted by atomic mass is 9.76. The predicted molar refractivity (Wildman–Crippen MR) is 98.6 cm³/mol. The van der Waals surface area contributed by atoms with Crippen molar-refractivity contribution < 1.29 is 19.5 Å². The highest BCUT2D eigenvalue weighted by molar-refractivity contribution is 5.83. The maximum atomic E-state index is 12.9. The fourth-order valence-electron chi connectivity index (χ4n) is 3.94. The van der Waals surface area contributed by atoms with Gasteiger partial charge in [0.2, 0.25) is 5.91 Å². The van der Waals surface area contributed by atoms with E-state index in [9.17, 15) is 19.5 Å². The molecule has 148 valence electrons. The van der Waals surface area contributed by atoms with Crippen LogP contribution in [0.2, 0.25) is 0 Å². The molecule has 7 heteroatoms. The average Bonchev–Trinajstić information content (AvgIpc) is 3.06. The van der Waals surface area contributed by atoms with Crippen LogP contribution >= 0.6 is 0 Å². The second-order valence-corrected chi connectivity index (χ2v) is 8.49. The fourth-order valence-corrected chi connectivity index (χ4v) is 3.94. The summed E-state index contributed by atoms with van der Waals surface area (Å²) in [6, 6.07) is -0.111. The second-order valence-electron chi connectivity index (χ2n) is 8.49. The summed E-state index contributed by atoms with van der Waals surface area (Å²) >= 11 is 0. The molecule has 0 bridgehead atoms. The third-order valence-corrected chi connectivity index (χ3v) is 5.86. The highest BCUT2D eigenvalue weighted by Crippen LogP contribution is 2.39. The Morgan fingerprint density at radius 3 is 2.38 bits per heavy atom. The number of piperidine rings is 1. The summed E-state index contributed by atoms with van der Waals surface area (Å²) in [7, 11) is 0. The van der Waals surface area contributed by atoms with Gasteiger partial charge in [-0.2, -0.15) is 0 Å². The molecule has 26 heavy (non-hydrogen) atoms. The standard InChI is InChI=1S/C19H33N3O4/c1-13(2)10-20-18(26)21-8-5-6-15(11-21)16(23)22-9-7-19(12-22,14(3)4)17(24)25/h13-15H,5-12H2,1-4H3,(H,20,26)(H,24,25). The Labute approximate surface area is 156 Å². The summed E-state index contributed by atoms with van der Waals surface area (Å²) in [6.07, 6.45) is 2.05. The van der Waals surface area contributed by atoms with Crippen molar-refractivity contribution in [3.05, 3.63) is 0 Å². The van der Waals surface area contributed by atoms with E-state index in [-0.39, 0.29) is 30.3 Å². The lowest BCUT2D eigenvalue weighted by Crippen LogP contribution is -2.50. The van der Waals surface area contributed by atoms with Gasteiger partial charge >= 0.3 is 12.0 Å². The van der Waals surface area contributed by atoms with Gasteiger partial charge in [0, 0.05) is 32.7 Å². The molecule has 2 fully saturated rings. The van der Waals surface area contributed by atoms with E-state index in [4.69, 9.17) is 0 Å². The van der Waals surface area contributed by atoms with E-state index in [1.807, 2.05) is 27.7 Å². The zero-order chi connectivity index (χ0) is 19.5. The van der Waals surface area contributed by atoms with Crippen molar-refractivity contribution in [2.45, 2.75) is 47.0 Å². The normalized spacial score (nSPS) is 26.5. The molecule has 0 spiro atoms. The van der Waals surface area contributed by atoms with Gasteiger partial charge in [-0.3, -0.25) is 9.59 Å². The molecular weight excluding hydrogens is 334 g/mol. The molecule has 0 aromatic rings. The summed E-state index contributed by atoms with van der Waals surface area (Å²) < 4.78 is 0. The Balaban J connectivity index is 1.97. The molecule has 7 nitrogen and oxygen atoms in total. The van der Waals surface area contributed by atoms with Crippen LogP contribution in [0.1, 0.15) is 47.0 Å². The molecule has 2 aliphatic heterocycles. The Kier molecular flexibility index (Phi) is 6.53. The van der Waals surface area contributed by atoms with Crippen LogP contribution in [0, 0.1) is 23.2 Å². The number of carboxylic acid groups (broad SMARTS) is 1. The summed E-state index contributed by atoms with van der Waals surface area (Å²) in [5.74, 6) is -0.699. The van der Waals surface area contributed by atoms with Gasteiger partial charge in [-0.05, 0) is 31.1 Å². The zero-order valence-corrected chi connectivity index (χ0v) is 16.5. The first-order chi connectivity index (χ1) is 12.2. The van der Waals surface area contributed by atoms with E-state index in [0.717, 1.165) is 12.8 Å². The minimum Gasteiger partial charge on any atom is -0.481 e. The monoisotopic (exact) mass is 367 g/mol. The van der Waals surface area contributed by atoms with Crippen LogP contribution in [0.25, 0.3) is 0 Å². The summed E-state index contributed by atoms with van der Waals surface area (Å²) in [6.45, 7) is 10.4. The van der Waals surface area contributed by atoms with Gasteiger partial charge in [0.25, 0.3) is 0 Å². The lowest BCUT2D eigenvalue weighted by Gasteiger charge is -2.35. The minimum atomic E-state index is -0.849. The van der Waals surface area contributed by atoms with Crippen molar-refractivity contribution in [1.82, 2.24) is 15.1 Å². The highest BCUT2D eigenvalue weighted by Gasteiger charge is 2.49. The van der Waals surface area contributed by atoms with Crippen molar-refractivity contribution >= 4 is 17.9 Å². The number of carbonyl (C=O) groups is 3. The van der Waals surface area contributed by atoms with Crippen LogP contribution in [-0.2, 0) is 9.59 Å². The lowest BCUT2D eigenvalue weighted by molar-refractivity contribution is -0.151. The van der Waals surface area contributed by atoms with Gasteiger partial charge < -0.3 is 20.2 Å². The molecule has 2 heterocycles. The third-order valence-electron chi connectivity index (χ3n) is 5.86. The first-order valence-electron chi connectivity index (χ1n) is 9.72. The van der Waals surface area contributed by atoms with E-state index in [1.165, 1.54) is 0 Å². The molecule has 0 aliphatic carbocycles. The summed E-state index contributed by atoms with van der Waals surface area (Å²) in [4.78, 5) is 40.4. The number of likely N-dealkylation sites (tertiary alicyclic amines) is 2. The van der Waals surface area contributed by atoms with Crippen LogP contribution in [0.3, 0.4) is 0 Å². The Morgan fingerprint density at radius 1 is 1.15 bits per heavy atom. The Hall–Kier alpha value is -1.79. The maximum absolute atomic E-state index is 12.9. The number of hydrogen-bond acceptors (Lipinski definition) is 3. The topological polar surface area (TPSA) is 90.0 Å². The number of nitrogens with one attached hydrogen (secondary N) is 1. The molecule has 2 saturated heterocycles. The molecule has 2 aliphatic rings. The fraction of sp³-hybridized carbons (Fsp3) is 0.842. The van der Waals surface area contributed by atoms with Crippen LogP contribution in [-0.4, -0.2) is 65.5 Å². The highest BCUT2D eigenvalue weighted by atomic mass is 16.4. The third kappa shape index (κ3) is 4.30. The van der Waals surface area contributed by atoms with Crippen LogP contribution in [0.15, 0.2) is 0 Å². The molecule has 3 amide bonds. The number of urea groups is 1. The van der Waals surface area contributed by atoms with E-state index in [1.54, 1.807) is 9.80 Å². The largest absolute Gasteiger partial charge is 0.481 e. The van der Waals surface area contributed by atoms with E-state index >= 15 is 0 Å². The number of nitrogens with zero attached hydrogens (tertiary/aromatic N) is 2. The van der Waals surface area contributed by atoms with Crippen molar-refractivity contribution in [1.29, 1.82) is 0 Å². The average molecular weight is 367 g/mol. The van der Waals surface area contributed by atoms with Crippen molar-refractivity contribution in [3.63, 3.8) is 0 Å². The Bertz CT molecular complexity index is 549. The van der Waals surface area contributed by atoms with E-state index < -0.39 is 11.4 Å². The summed E-state index contributed by atoms with van der Waals surface area (Å²) in [5.41, 5.74) is -0.849. The van der Waals surface area contributed by atoms with E-state index in [0.29, 0.717) is 38.5 Å². The van der Waals surface area contributed by atoms with Crippen molar-refractivity contribution in [3.8, 4) is 0 Å². The van der Waals surface area contributed by atoms with Gasteiger partial charge in [0.1, 0.15) is 0 Å². The van der Waals surface area contributed by atoms with E-state index in [2.05, 4.69) is 5.32 Å². The quantitative estimate of drug-likeness (QED) is 0.778. The molecule has 0 saturated carbocycles. The first kappa shape index (κ1) is 20.5. The minimum absolute atomic E-state index is 0.00451. The first-order valence-corrected chi connectivity index (χ1v) is 9.72. The number of carbonyl (C=O) groups excluding carboxylic acids is 2. The molecule has 0 aromatic carbocycles. The molecule has 2 atom stereocenters. The predicted octanol–water partition coefficient (Wildman–Crippen LogP) is 2.02. The van der Waals surface area contributed by atoms with Gasteiger partial charge in [-0.25, -0.2) is 4.79 Å². The van der Waals surface area contributed by atoms with Gasteiger partial charge in [-0.15, -0.1) is 0 Å². The number of carboxylic acids is 1. The molecule has 0 radical (unpaired) electrons. The SMILES string of the molecule is CC(C)CNC(=O)N1CCCC(C(=O)N2CCC(C(=O)O)(C(C)C)C2)C1. The molecule has 0 aromatic heterocycles.